The number of halogens is 4. The smallest absolute Gasteiger partial charge is 0.255 e. The predicted molar refractivity (Wildman–Crippen MR) is 155 cm³/mol. The van der Waals surface area contributed by atoms with Gasteiger partial charge in [0.1, 0.15) is 17.7 Å². The molecule has 2 aliphatic rings. The molecule has 0 saturated carbocycles. The fourth-order valence-corrected chi connectivity index (χ4v) is 6.26. The molecule has 38 heavy (non-hydrogen) atoms. The second kappa shape index (κ2) is 10.7. The molecule has 1 aromatic heterocycles. The molecular weight excluding hydrogens is 546 g/mol. The molecule has 200 valence electrons. The highest BCUT2D eigenvalue weighted by molar-refractivity contribution is 6.37. The predicted octanol–water partition coefficient (Wildman–Crippen LogP) is 8.40. The van der Waals surface area contributed by atoms with E-state index in [2.05, 4.69) is 25.7 Å². The Morgan fingerprint density at radius 2 is 1.68 bits per heavy atom. The van der Waals surface area contributed by atoms with E-state index >= 15 is 0 Å². The van der Waals surface area contributed by atoms with Crippen molar-refractivity contribution in [3.63, 3.8) is 0 Å². The number of hydrogen-bond donors (Lipinski definition) is 0. The van der Waals surface area contributed by atoms with Crippen molar-refractivity contribution < 1.29 is 9.13 Å². The number of aromatic nitrogens is 1. The number of rotatable bonds is 4. The Morgan fingerprint density at radius 3 is 2.32 bits per heavy atom. The van der Waals surface area contributed by atoms with Gasteiger partial charge in [-0.3, -0.25) is 14.3 Å². The van der Waals surface area contributed by atoms with Crippen LogP contribution in [-0.2, 0) is 0 Å². The van der Waals surface area contributed by atoms with Crippen LogP contribution in [0.1, 0.15) is 51.5 Å². The number of benzene rings is 2. The molecular formula is C30H30Cl3FN2O2. The molecule has 4 nitrogen and oxygen atoms in total. The van der Waals surface area contributed by atoms with E-state index < -0.39 is 0 Å². The summed E-state index contributed by atoms with van der Waals surface area (Å²) >= 11 is 19.7. The van der Waals surface area contributed by atoms with Crippen molar-refractivity contribution in [3.05, 3.63) is 91.4 Å². The standard InChI is InChI=1S/C30H30Cl3FN2O2/c1-30(2,3)35-13-11-19(12-14-35)38-20-16-23(21-8-7-18(34)15-26(21)33)22-9-10-28(37)36(27(22)17-20)29-24(31)5-4-6-25(29)32/h4-7,9-10,15-17,19,21H,8,11-14H2,1-3H3. The van der Waals surface area contributed by atoms with Crippen LogP contribution in [0, 0.1) is 0 Å². The maximum atomic E-state index is 14.0. The van der Waals surface area contributed by atoms with Crippen molar-refractivity contribution in [2.75, 3.05) is 13.1 Å². The van der Waals surface area contributed by atoms with Crippen LogP contribution < -0.4 is 10.3 Å². The summed E-state index contributed by atoms with van der Waals surface area (Å²) in [5.41, 5.74) is 1.70. The van der Waals surface area contributed by atoms with Crippen LogP contribution in [0.3, 0.4) is 0 Å². The number of likely N-dealkylation sites (tertiary alicyclic amines) is 1. The highest BCUT2D eigenvalue weighted by Gasteiger charge is 2.29. The van der Waals surface area contributed by atoms with Crippen molar-refractivity contribution in [3.8, 4) is 11.4 Å². The second-order valence-electron chi connectivity index (χ2n) is 10.9. The van der Waals surface area contributed by atoms with E-state index in [1.807, 2.05) is 12.1 Å². The minimum Gasteiger partial charge on any atom is -0.490 e. The Balaban J connectivity index is 1.64. The average Bonchev–Trinajstić information content (AvgIpc) is 2.84. The first-order chi connectivity index (χ1) is 18.0. The third-order valence-corrected chi connectivity index (χ3v) is 8.39. The molecule has 0 spiro atoms. The van der Waals surface area contributed by atoms with Gasteiger partial charge in [0.15, 0.2) is 0 Å². The van der Waals surface area contributed by atoms with Crippen LogP contribution in [-0.4, -0.2) is 34.2 Å². The Hall–Kier alpha value is -2.31. The summed E-state index contributed by atoms with van der Waals surface area (Å²) in [6.45, 7) is 8.55. The number of nitrogens with zero attached hydrogens (tertiary/aromatic N) is 2. The van der Waals surface area contributed by atoms with Gasteiger partial charge >= 0.3 is 0 Å². The molecule has 1 unspecified atom stereocenters. The van der Waals surface area contributed by atoms with Crippen molar-refractivity contribution in [1.82, 2.24) is 9.47 Å². The highest BCUT2D eigenvalue weighted by atomic mass is 35.5. The Morgan fingerprint density at radius 1 is 1.00 bits per heavy atom. The lowest BCUT2D eigenvalue weighted by Gasteiger charge is -2.40. The van der Waals surface area contributed by atoms with Crippen molar-refractivity contribution >= 4 is 45.7 Å². The minimum absolute atomic E-state index is 0.0291. The lowest BCUT2D eigenvalue weighted by molar-refractivity contribution is 0.0492. The molecule has 8 heteroatoms. The van der Waals surface area contributed by atoms with Crippen molar-refractivity contribution in [2.24, 2.45) is 0 Å². The molecule has 0 bridgehead atoms. The van der Waals surface area contributed by atoms with Gasteiger partial charge in [0.25, 0.3) is 5.56 Å². The average molecular weight is 576 g/mol. The molecule has 0 N–H and O–H groups in total. The monoisotopic (exact) mass is 574 g/mol. The van der Waals surface area contributed by atoms with Gasteiger partial charge in [-0.2, -0.15) is 0 Å². The van der Waals surface area contributed by atoms with E-state index in [4.69, 9.17) is 39.5 Å². The van der Waals surface area contributed by atoms with Crippen LogP contribution in [0.15, 0.2) is 70.3 Å². The summed E-state index contributed by atoms with van der Waals surface area (Å²) in [5, 5.41) is 1.91. The van der Waals surface area contributed by atoms with E-state index in [0.29, 0.717) is 38.5 Å². The quantitative estimate of drug-likeness (QED) is 0.313. The molecule has 0 radical (unpaired) electrons. The Bertz CT molecular complexity index is 1480. The van der Waals surface area contributed by atoms with Crippen molar-refractivity contribution in [1.29, 1.82) is 0 Å². The number of fused-ring (bicyclic) bond motifs is 1. The molecule has 2 aromatic carbocycles. The van der Waals surface area contributed by atoms with Gasteiger partial charge in [-0.15, -0.1) is 0 Å². The maximum Gasteiger partial charge on any atom is 0.255 e. The molecule has 5 rings (SSSR count). The van der Waals surface area contributed by atoms with Crippen LogP contribution in [0.2, 0.25) is 10.0 Å². The molecule has 2 heterocycles. The zero-order chi connectivity index (χ0) is 27.2. The first kappa shape index (κ1) is 27.3. The topological polar surface area (TPSA) is 34.5 Å². The van der Waals surface area contributed by atoms with Gasteiger partial charge in [0.05, 0.1) is 21.2 Å². The molecule has 1 aliphatic carbocycles. The van der Waals surface area contributed by atoms with E-state index in [9.17, 15) is 9.18 Å². The second-order valence-corrected chi connectivity index (χ2v) is 12.2. The molecule has 0 amide bonds. The fourth-order valence-electron chi connectivity index (χ4n) is 5.38. The van der Waals surface area contributed by atoms with Crippen LogP contribution >= 0.6 is 34.8 Å². The number of para-hydroxylation sites is 1. The van der Waals surface area contributed by atoms with E-state index in [0.717, 1.165) is 36.9 Å². The summed E-state index contributed by atoms with van der Waals surface area (Å²) in [4.78, 5) is 15.7. The molecule has 1 fully saturated rings. The molecule has 1 atom stereocenters. The Kier molecular flexibility index (Phi) is 7.67. The third-order valence-electron chi connectivity index (χ3n) is 7.40. The highest BCUT2D eigenvalue weighted by Crippen LogP contribution is 2.42. The summed E-state index contributed by atoms with van der Waals surface area (Å²) in [7, 11) is 0. The number of hydrogen-bond acceptors (Lipinski definition) is 3. The lowest BCUT2D eigenvalue weighted by Crippen LogP contribution is -2.48. The third kappa shape index (κ3) is 5.40. The van der Waals surface area contributed by atoms with Gasteiger partial charge in [-0.25, -0.2) is 4.39 Å². The Labute approximate surface area is 237 Å². The zero-order valence-electron chi connectivity index (χ0n) is 21.6. The van der Waals surface area contributed by atoms with Crippen LogP contribution in [0.4, 0.5) is 4.39 Å². The van der Waals surface area contributed by atoms with Gasteiger partial charge in [-0.1, -0.05) is 40.9 Å². The van der Waals surface area contributed by atoms with Crippen molar-refractivity contribution in [2.45, 2.75) is 57.6 Å². The summed E-state index contributed by atoms with van der Waals surface area (Å²) in [6.07, 6.45) is 5.08. The minimum atomic E-state index is -0.353. The number of pyridine rings is 1. The summed E-state index contributed by atoms with van der Waals surface area (Å²) in [5.74, 6) is -0.00493. The van der Waals surface area contributed by atoms with Crippen LogP contribution in [0.5, 0.6) is 5.75 Å². The van der Waals surface area contributed by atoms with Gasteiger partial charge in [-0.05, 0) is 82.0 Å². The maximum absolute atomic E-state index is 14.0. The van der Waals surface area contributed by atoms with E-state index in [1.165, 1.54) is 22.8 Å². The van der Waals surface area contributed by atoms with E-state index in [1.54, 1.807) is 24.3 Å². The SMILES string of the molecule is CC(C)(C)N1CCC(Oc2cc(C3CC=C(F)C=C3Cl)c3ccc(=O)n(-c4c(Cl)cccc4Cl)c3c2)CC1. The van der Waals surface area contributed by atoms with Crippen LogP contribution in [0.25, 0.3) is 16.6 Å². The largest absolute Gasteiger partial charge is 0.490 e. The summed E-state index contributed by atoms with van der Waals surface area (Å²) < 4.78 is 22.0. The summed E-state index contributed by atoms with van der Waals surface area (Å²) in [6, 6.07) is 12.2. The number of ether oxygens (including phenoxy) is 1. The fraction of sp³-hybridized carbons (Fsp3) is 0.367. The van der Waals surface area contributed by atoms with Gasteiger partial charge < -0.3 is 4.74 Å². The number of piperidine rings is 1. The van der Waals surface area contributed by atoms with Gasteiger partial charge in [0.2, 0.25) is 0 Å². The first-order valence-electron chi connectivity index (χ1n) is 12.8. The zero-order valence-corrected chi connectivity index (χ0v) is 23.9. The van der Waals surface area contributed by atoms with E-state index in [-0.39, 0.29) is 28.9 Å². The molecule has 3 aromatic rings. The number of allylic oxidation sites excluding steroid dienone is 4. The first-order valence-corrected chi connectivity index (χ1v) is 13.9. The molecule has 1 saturated heterocycles. The normalized spacial score (nSPS) is 19.4. The lowest BCUT2D eigenvalue weighted by atomic mass is 9.89. The van der Waals surface area contributed by atoms with Gasteiger partial charge in [0, 0.05) is 47.1 Å². The molecule has 1 aliphatic heterocycles.